The molecule has 11 heteroatoms. The van der Waals surface area contributed by atoms with Crippen molar-refractivity contribution in [3.05, 3.63) is 59.2 Å². The van der Waals surface area contributed by atoms with Crippen LogP contribution in [0.3, 0.4) is 0 Å². The SMILES string of the molecule is COc1cc(/C=C/C(=O)OCC2OC(Oc3ccc(C4=C(C)CC5CCCN5C4)cc3)C(O)C(O)C2O)cc(OC)c1O. The van der Waals surface area contributed by atoms with Crippen LogP contribution in [0.4, 0.5) is 0 Å². The molecule has 2 saturated heterocycles. The number of esters is 1. The number of carbonyl (C=O) groups excluding carboxylic acids is 1. The van der Waals surface area contributed by atoms with Gasteiger partial charge in [-0.15, -0.1) is 0 Å². The third kappa shape index (κ3) is 6.81. The third-order valence-corrected chi connectivity index (χ3v) is 8.34. The van der Waals surface area contributed by atoms with Crippen LogP contribution in [0.2, 0.25) is 0 Å². The van der Waals surface area contributed by atoms with E-state index < -0.39 is 43.3 Å². The molecule has 11 nitrogen and oxygen atoms in total. The summed E-state index contributed by atoms with van der Waals surface area (Å²) in [5.74, 6) is -0.161. The molecule has 232 valence electrons. The largest absolute Gasteiger partial charge is 0.502 e. The van der Waals surface area contributed by atoms with Gasteiger partial charge in [-0.2, -0.15) is 0 Å². The van der Waals surface area contributed by atoms with E-state index in [1.807, 2.05) is 12.1 Å². The molecule has 0 aromatic heterocycles. The predicted octanol–water partition coefficient (Wildman–Crippen LogP) is 2.49. The summed E-state index contributed by atoms with van der Waals surface area (Å²) in [5.41, 5.74) is 4.33. The van der Waals surface area contributed by atoms with Crippen molar-refractivity contribution in [1.82, 2.24) is 4.90 Å². The third-order valence-electron chi connectivity index (χ3n) is 8.34. The van der Waals surface area contributed by atoms with Crippen LogP contribution in [-0.2, 0) is 14.3 Å². The number of nitrogens with zero attached hydrogens (tertiary/aromatic N) is 1. The highest BCUT2D eigenvalue weighted by Gasteiger charge is 2.45. The van der Waals surface area contributed by atoms with Crippen LogP contribution in [0.1, 0.15) is 37.3 Å². The van der Waals surface area contributed by atoms with Crippen LogP contribution >= 0.6 is 0 Å². The Morgan fingerprint density at radius 3 is 2.42 bits per heavy atom. The first-order chi connectivity index (χ1) is 20.7. The summed E-state index contributed by atoms with van der Waals surface area (Å²) in [7, 11) is 2.78. The van der Waals surface area contributed by atoms with Crippen molar-refractivity contribution in [2.45, 2.75) is 62.9 Å². The fourth-order valence-corrected chi connectivity index (χ4v) is 5.89. The van der Waals surface area contributed by atoms with Gasteiger partial charge in [-0.05, 0) is 79.8 Å². The van der Waals surface area contributed by atoms with Crippen LogP contribution in [-0.4, -0.2) is 102 Å². The summed E-state index contributed by atoms with van der Waals surface area (Å²) in [6.07, 6.45) is -0.934. The molecule has 3 aliphatic heterocycles. The molecule has 6 unspecified atom stereocenters. The molecule has 3 heterocycles. The second kappa shape index (κ2) is 13.4. The number of carbonyl (C=O) groups is 1. The van der Waals surface area contributed by atoms with E-state index in [-0.39, 0.29) is 17.2 Å². The van der Waals surface area contributed by atoms with Crippen molar-refractivity contribution in [3.8, 4) is 23.0 Å². The lowest BCUT2D eigenvalue weighted by Crippen LogP contribution is -2.60. The van der Waals surface area contributed by atoms with Crippen LogP contribution in [0.5, 0.6) is 23.0 Å². The summed E-state index contributed by atoms with van der Waals surface area (Å²) < 4.78 is 27.0. The van der Waals surface area contributed by atoms with Gasteiger partial charge in [0.15, 0.2) is 11.5 Å². The smallest absolute Gasteiger partial charge is 0.330 e. The van der Waals surface area contributed by atoms with Crippen LogP contribution < -0.4 is 14.2 Å². The Labute approximate surface area is 250 Å². The first kappa shape index (κ1) is 30.8. The van der Waals surface area contributed by atoms with E-state index in [9.17, 15) is 25.2 Å². The van der Waals surface area contributed by atoms with E-state index in [2.05, 4.69) is 11.8 Å². The lowest BCUT2D eigenvalue weighted by Gasteiger charge is -2.39. The summed E-state index contributed by atoms with van der Waals surface area (Å²) >= 11 is 0. The summed E-state index contributed by atoms with van der Waals surface area (Å²) in [6, 6.07) is 11.2. The molecule has 43 heavy (non-hydrogen) atoms. The topological polar surface area (TPSA) is 147 Å². The Bertz CT molecular complexity index is 1330. The average molecular weight is 598 g/mol. The van der Waals surface area contributed by atoms with Gasteiger partial charge in [0.05, 0.1) is 14.2 Å². The number of aliphatic hydroxyl groups is 3. The van der Waals surface area contributed by atoms with Crippen LogP contribution in [0.25, 0.3) is 11.6 Å². The van der Waals surface area contributed by atoms with Crippen molar-refractivity contribution < 1.29 is 48.9 Å². The Morgan fingerprint density at radius 1 is 1.05 bits per heavy atom. The van der Waals surface area contributed by atoms with Gasteiger partial charge in [0.25, 0.3) is 0 Å². The Hall–Kier alpha value is -3.61. The Morgan fingerprint density at radius 2 is 1.74 bits per heavy atom. The fourth-order valence-electron chi connectivity index (χ4n) is 5.89. The lowest BCUT2D eigenvalue weighted by atomic mass is 9.91. The van der Waals surface area contributed by atoms with Crippen molar-refractivity contribution >= 4 is 17.6 Å². The molecule has 4 N–H and O–H groups in total. The first-order valence-electron chi connectivity index (χ1n) is 14.4. The predicted molar refractivity (Wildman–Crippen MR) is 157 cm³/mol. The second-order valence-electron chi connectivity index (χ2n) is 11.1. The first-order valence-corrected chi connectivity index (χ1v) is 14.4. The van der Waals surface area contributed by atoms with Gasteiger partial charge in [-0.25, -0.2) is 4.79 Å². The average Bonchev–Trinajstić information content (AvgIpc) is 3.47. The molecule has 0 radical (unpaired) electrons. The van der Waals surface area contributed by atoms with Crippen molar-refractivity contribution in [2.24, 2.45) is 0 Å². The maximum atomic E-state index is 12.4. The highest BCUT2D eigenvalue weighted by Crippen LogP contribution is 2.38. The summed E-state index contributed by atoms with van der Waals surface area (Å²) in [5, 5.41) is 41.5. The number of ether oxygens (including phenoxy) is 5. The van der Waals surface area contributed by atoms with E-state index in [4.69, 9.17) is 23.7 Å². The Kier molecular flexibility index (Phi) is 9.58. The number of methoxy groups -OCH3 is 2. The van der Waals surface area contributed by atoms with Gasteiger partial charge in [0.1, 0.15) is 36.8 Å². The van der Waals surface area contributed by atoms with Gasteiger partial charge >= 0.3 is 5.97 Å². The van der Waals surface area contributed by atoms with Gasteiger partial charge in [0, 0.05) is 18.7 Å². The number of aliphatic hydroxyl groups excluding tert-OH is 3. The number of benzene rings is 2. The monoisotopic (exact) mass is 597 g/mol. The molecule has 6 atom stereocenters. The molecule has 0 bridgehead atoms. The van der Waals surface area contributed by atoms with Crippen molar-refractivity contribution in [1.29, 1.82) is 0 Å². The van der Waals surface area contributed by atoms with Gasteiger partial charge in [0.2, 0.25) is 12.0 Å². The fraction of sp³-hybridized carbons (Fsp3) is 0.469. The summed E-state index contributed by atoms with van der Waals surface area (Å²) in [6.45, 7) is 3.85. The number of phenols is 1. The maximum absolute atomic E-state index is 12.4. The zero-order valence-corrected chi connectivity index (χ0v) is 24.5. The molecule has 0 spiro atoms. The molecule has 5 rings (SSSR count). The zero-order chi connectivity index (χ0) is 30.7. The number of fused-ring (bicyclic) bond motifs is 1. The number of rotatable bonds is 9. The minimum Gasteiger partial charge on any atom is -0.502 e. The lowest BCUT2D eigenvalue weighted by molar-refractivity contribution is -0.278. The van der Waals surface area contributed by atoms with E-state index in [1.165, 1.54) is 56.4 Å². The van der Waals surface area contributed by atoms with E-state index >= 15 is 0 Å². The zero-order valence-electron chi connectivity index (χ0n) is 24.5. The molecule has 0 saturated carbocycles. The molecule has 0 amide bonds. The quantitative estimate of drug-likeness (QED) is 0.250. The highest BCUT2D eigenvalue weighted by molar-refractivity contribution is 5.87. The normalized spacial score (nSPS) is 27.7. The van der Waals surface area contributed by atoms with Gasteiger partial charge in [-0.1, -0.05) is 17.7 Å². The number of aromatic hydroxyl groups is 1. The highest BCUT2D eigenvalue weighted by atomic mass is 16.7. The number of hydrogen-bond donors (Lipinski definition) is 4. The van der Waals surface area contributed by atoms with Crippen LogP contribution in [0.15, 0.2) is 48.0 Å². The number of hydrogen-bond acceptors (Lipinski definition) is 11. The Balaban J connectivity index is 1.19. The van der Waals surface area contributed by atoms with E-state index in [1.54, 1.807) is 12.1 Å². The molecule has 2 aromatic rings. The minimum absolute atomic E-state index is 0.167. The van der Waals surface area contributed by atoms with Crippen LogP contribution in [0, 0.1) is 0 Å². The van der Waals surface area contributed by atoms with E-state index in [0.717, 1.165) is 31.1 Å². The molecule has 3 aliphatic rings. The molecular weight excluding hydrogens is 558 g/mol. The number of phenolic OH excluding ortho intramolecular Hbond substituents is 1. The van der Waals surface area contributed by atoms with Gasteiger partial charge in [-0.3, -0.25) is 4.90 Å². The second-order valence-corrected chi connectivity index (χ2v) is 11.1. The summed E-state index contributed by atoms with van der Waals surface area (Å²) in [4.78, 5) is 14.9. The standard InChI is InChI=1S/C32H39NO10/c1-18-13-21-5-4-12-33(21)16-23(18)20-7-9-22(10-8-20)42-32-31(38)30(37)29(36)26(43-32)17-41-27(34)11-6-19-14-24(39-2)28(35)25(15-19)40-3/h6-11,14-15,21,26,29-32,35-38H,4-5,12-13,16-17H2,1-3H3/b11-6+. The van der Waals surface area contributed by atoms with E-state index in [0.29, 0.717) is 17.4 Å². The molecule has 2 aromatic carbocycles. The van der Waals surface area contributed by atoms with Crippen molar-refractivity contribution in [3.63, 3.8) is 0 Å². The molecule has 0 aliphatic carbocycles. The van der Waals surface area contributed by atoms with Gasteiger partial charge < -0.3 is 44.1 Å². The maximum Gasteiger partial charge on any atom is 0.330 e. The van der Waals surface area contributed by atoms with Crippen molar-refractivity contribution in [2.75, 3.05) is 33.9 Å². The molecule has 2 fully saturated rings. The minimum atomic E-state index is -1.59. The molecular formula is C32H39NO10.